The van der Waals surface area contributed by atoms with Crippen molar-refractivity contribution < 1.29 is 0 Å². The highest BCUT2D eigenvalue weighted by molar-refractivity contribution is 9.10. The topological polar surface area (TPSA) is 0 Å². The third-order valence-electron chi connectivity index (χ3n) is 3.60. The summed E-state index contributed by atoms with van der Waals surface area (Å²) in [5.41, 5.74) is 6.72. The number of fused-ring (bicyclic) bond motifs is 1. The van der Waals surface area contributed by atoms with E-state index in [4.69, 9.17) is 0 Å². The van der Waals surface area contributed by atoms with E-state index >= 15 is 0 Å². The first-order valence-electron chi connectivity index (χ1n) is 6.20. The molecule has 0 spiro atoms. The van der Waals surface area contributed by atoms with Crippen molar-refractivity contribution in [2.45, 2.75) is 19.8 Å². The lowest BCUT2D eigenvalue weighted by atomic mass is 9.92. The Morgan fingerprint density at radius 1 is 1.00 bits per heavy atom. The fourth-order valence-electron chi connectivity index (χ4n) is 2.50. The normalized spacial score (nSPS) is 16.9. The smallest absolute Gasteiger partial charge is 0.0279 e. The van der Waals surface area contributed by atoms with Gasteiger partial charge in [-0.05, 0) is 42.2 Å². The van der Waals surface area contributed by atoms with Crippen LogP contribution in [0.4, 0.5) is 0 Å². The largest absolute Gasteiger partial charge is 0.0720 e. The Hall–Kier alpha value is -1.34. The molecular formula is C17H15Br. The number of halogens is 1. The molecule has 0 amide bonds. The Morgan fingerprint density at radius 2 is 1.72 bits per heavy atom. The average Bonchev–Trinajstić information content (AvgIpc) is 2.74. The molecule has 0 nitrogen and oxygen atoms in total. The fraction of sp³-hybridized carbons (Fsp3) is 0.176. The molecule has 1 atom stereocenters. The standard InChI is InChI=1S/C17H15Br/c1-11-3-5-13(6-4-11)15-8-7-14-9-12(2)17(18)10-16(14)15/h3-10,15H,1-2H3. The highest BCUT2D eigenvalue weighted by Crippen LogP contribution is 2.38. The summed E-state index contributed by atoms with van der Waals surface area (Å²) in [7, 11) is 0. The summed E-state index contributed by atoms with van der Waals surface area (Å²) < 4.78 is 1.20. The third-order valence-corrected chi connectivity index (χ3v) is 4.46. The van der Waals surface area contributed by atoms with Crippen molar-refractivity contribution in [1.29, 1.82) is 0 Å². The van der Waals surface area contributed by atoms with Gasteiger partial charge in [-0.25, -0.2) is 0 Å². The van der Waals surface area contributed by atoms with Gasteiger partial charge in [-0.15, -0.1) is 0 Å². The van der Waals surface area contributed by atoms with Crippen LogP contribution in [0.2, 0.25) is 0 Å². The molecule has 0 aliphatic heterocycles. The van der Waals surface area contributed by atoms with Crippen LogP contribution in [0.1, 0.15) is 33.7 Å². The van der Waals surface area contributed by atoms with E-state index in [2.05, 4.69) is 78.3 Å². The van der Waals surface area contributed by atoms with Crippen LogP contribution in [0.3, 0.4) is 0 Å². The van der Waals surface area contributed by atoms with Crippen molar-refractivity contribution in [3.05, 3.63) is 74.8 Å². The zero-order valence-electron chi connectivity index (χ0n) is 10.6. The highest BCUT2D eigenvalue weighted by Gasteiger charge is 2.19. The van der Waals surface area contributed by atoms with E-state index < -0.39 is 0 Å². The van der Waals surface area contributed by atoms with Crippen molar-refractivity contribution in [3.63, 3.8) is 0 Å². The lowest BCUT2D eigenvalue weighted by Crippen LogP contribution is -1.96. The number of benzene rings is 2. The molecule has 0 heterocycles. The van der Waals surface area contributed by atoms with E-state index in [1.165, 1.54) is 32.3 Å². The van der Waals surface area contributed by atoms with E-state index in [0.29, 0.717) is 5.92 Å². The molecule has 3 rings (SSSR count). The average molecular weight is 299 g/mol. The van der Waals surface area contributed by atoms with Gasteiger partial charge in [0.2, 0.25) is 0 Å². The Labute approximate surface area is 116 Å². The Morgan fingerprint density at radius 3 is 2.44 bits per heavy atom. The fourth-order valence-corrected chi connectivity index (χ4v) is 2.86. The first-order valence-corrected chi connectivity index (χ1v) is 6.99. The Kier molecular flexibility index (Phi) is 2.87. The van der Waals surface area contributed by atoms with Crippen LogP contribution < -0.4 is 0 Å². The van der Waals surface area contributed by atoms with Gasteiger partial charge in [-0.3, -0.25) is 0 Å². The molecule has 0 N–H and O–H groups in total. The Bertz CT molecular complexity index is 621. The number of rotatable bonds is 1. The first-order chi connectivity index (χ1) is 8.65. The van der Waals surface area contributed by atoms with Crippen LogP contribution in [-0.4, -0.2) is 0 Å². The lowest BCUT2D eigenvalue weighted by Gasteiger charge is -2.13. The zero-order chi connectivity index (χ0) is 12.7. The van der Waals surface area contributed by atoms with Gasteiger partial charge >= 0.3 is 0 Å². The molecule has 0 aromatic heterocycles. The molecule has 0 saturated carbocycles. The van der Waals surface area contributed by atoms with Crippen LogP contribution in [0.15, 0.2) is 46.9 Å². The second-order valence-electron chi connectivity index (χ2n) is 4.98. The number of aryl methyl sites for hydroxylation is 2. The summed E-state index contributed by atoms with van der Waals surface area (Å²) in [5, 5.41) is 0. The van der Waals surface area contributed by atoms with Crippen LogP contribution in [0.5, 0.6) is 0 Å². The van der Waals surface area contributed by atoms with Crippen LogP contribution in [0.25, 0.3) is 6.08 Å². The minimum Gasteiger partial charge on any atom is -0.0720 e. The first kappa shape index (κ1) is 11.7. The van der Waals surface area contributed by atoms with Crippen molar-refractivity contribution in [2.75, 3.05) is 0 Å². The quantitative estimate of drug-likeness (QED) is 0.677. The summed E-state index contributed by atoms with van der Waals surface area (Å²) in [5.74, 6) is 0.400. The molecule has 1 unspecified atom stereocenters. The van der Waals surface area contributed by atoms with Crippen molar-refractivity contribution in [2.24, 2.45) is 0 Å². The summed E-state index contributed by atoms with van der Waals surface area (Å²) in [6, 6.07) is 13.3. The van der Waals surface area contributed by atoms with Gasteiger partial charge in [0, 0.05) is 10.4 Å². The van der Waals surface area contributed by atoms with Gasteiger partial charge in [0.1, 0.15) is 0 Å². The van der Waals surface area contributed by atoms with Crippen molar-refractivity contribution >= 4 is 22.0 Å². The van der Waals surface area contributed by atoms with Gasteiger partial charge in [0.05, 0.1) is 0 Å². The minimum atomic E-state index is 0.400. The van der Waals surface area contributed by atoms with E-state index in [1.807, 2.05) is 0 Å². The summed E-state index contributed by atoms with van der Waals surface area (Å²) in [6.07, 6.45) is 4.53. The lowest BCUT2D eigenvalue weighted by molar-refractivity contribution is 1.04. The predicted octanol–water partition coefficient (Wildman–Crippen LogP) is 5.22. The Balaban J connectivity index is 2.07. The molecule has 18 heavy (non-hydrogen) atoms. The van der Waals surface area contributed by atoms with Gasteiger partial charge in [-0.1, -0.05) is 64.0 Å². The minimum absolute atomic E-state index is 0.400. The maximum absolute atomic E-state index is 3.63. The van der Waals surface area contributed by atoms with E-state index in [0.717, 1.165) is 0 Å². The van der Waals surface area contributed by atoms with Crippen LogP contribution in [-0.2, 0) is 0 Å². The van der Waals surface area contributed by atoms with E-state index in [-0.39, 0.29) is 0 Å². The van der Waals surface area contributed by atoms with Gasteiger partial charge < -0.3 is 0 Å². The molecular weight excluding hydrogens is 284 g/mol. The number of hydrogen-bond donors (Lipinski definition) is 0. The predicted molar refractivity (Wildman–Crippen MR) is 80.9 cm³/mol. The summed E-state index contributed by atoms with van der Waals surface area (Å²) >= 11 is 3.63. The number of hydrogen-bond acceptors (Lipinski definition) is 0. The van der Waals surface area contributed by atoms with Crippen LogP contribution >= 0.6 is 15.9 Å². The van der Waals surface area contributed by atoms with Crippen molar-refractivity contribution in [1.82, 2.24) is 0 Å². The maximum Gasteiger partial charge on any atom is 0.0279 e. The van der Waals surface area contributed by atoms with Crippen molar-refractivity contribution in [3.8, 4) is 0 Å². The SMILES string of the molecule is Cc1ccc(C2C=Cc3cc(C)c(Br)cc32)cc1. The molecule has 1 heteroatoms. The molecule has 0 saturated heterocycles. The van der Waals surface area contributed by atoms with E-state index in [1.54, 1.807) is 0 Å². The van der Waals surface area contributed by atoms with Gasteiger partial charge in [0.25, 0.3) is 0 Å². The van der Waals surface area contributed by atoms with Gasteiger partial charge in [-0.2, -0.15) is 0 Å². The molecule has 0 radical (unpaired) electrons. The van der Waals surface area contributed by atoms with Gasteiger partial charge in [0.15, 0.2) is 0 Å². The molecule has 0 fully saturated rings. The molecule has 90 valence electrons. The highest BCUT2D eigenvalue weighted by atomic mass is 79.9. The second-order valence-corrected chi connectivity index (χ2v) is 5.83. The molecule has 0 bridgehead atoms. The monoisotopic (exact) mass is 298 g/mol. The molecule has 1 aliphatic carbocycles. The molecule has 2 aromatic carbocycles. The number of allylic oxidation sites excluding steroid dienone is 1. The van der Waals surface area contributed by atoms with E-state index in [9.17, 15) is 0 Å². The zero-order valence-corrected chi connectivity index (χ0v) is 12.2. The molecule has 2 aromatic rings. The second kappa shape index (κ2) is 4.40. The summed E-state index contributed by atoms with van der Waals surface area (Å²) in [4.78, 5) is 0. The maximum atomic E-state index is 3.63. The van der Waals surface area contributed by atoms with Crippen LogP contribution in [0, 0.1) is 13.8 Å². The summed E-state index contributed by atoms with van der Waals surface area (Å²) in [6.45, 7) is 4.26. The molecule has 1 aliphatic rings. The third kappa shape index (κ3) is 1.93.